The normalized spacial score (nSPS) is 15.4. The first-order valence-electron chi connectivity index (χ1n) is 12.8. The molecule has 188 valence electrons. The fraction of sp³-hybridized carbons (Fsp3) is 0.290. The lowest BCUT2D eigenvalue weighted by molar-refractivity contribution is 0.0630. The predicted molar refractivity (Wildman–Crippen MR) is 145 cm³/mol. The number of nitrogens with zero attached hydrogens (tertiary/aromatic N) is 3. The van der Waals surface area contributed by atoms with Gasteiger partial charge in [-0.3, -0.25) is 9.69 Å². The van der Waals surface area contributed by atoms with Crippen LogP contribution in [-0.2, 0) is 6.54 Å². The van der Waals surface area contributed by atoms with E-state index < -0.39 is 0 Å². The SMILES string of the molecule is Cc1ccc2nc(-c3ccc(C)c(C)c3)cc(C(=O)N3CCN(Cc4ccc5c(c4)OCO5)CC3)c2c1. The highest BCUT2D eigenvalue weighted by atomic mass is 16.7. The van der Waals surface area contributed by atoms with Gasteiger partial charge in [0.05, 0.1) is 16.8 Å². The molecular weight excluding hydrogens is 462 g/mol. The third-order valence-electron chi connectivity index (χ3n) is 7.50. The maximum absolute atomic E-state index is 13.9. The molecule has 0 atom stereocenters. The van der Waals surface area contributed by atoms with Crippen molar-refractivity contribution in [2.45, 2.75) is 27.3 Å². The monoisotopic (exact) mass is 493 g/mol. The summed E-state index contributed by atoms with van der Waals surface area (Å²) in [6, 6.07) is 20.6. The number of aryl methyl sites for hydroxylation is 3. The summed E-state index contributed by atoms with van der Waals surface area (Å²) in [4.78, 5) is 23.2. The van der Waals surface area contributed by atoms with Crippen LogP contribution in [0, 0.1) is 20.8 Å². The lowest BCUT2D eigenvalue weighted by Crippen LogP contribution is -2.48. The summed E-state index contributed by atoms with van der Waals surface area (Å²) in [5.41, 5.74) is 8.23. The van der Waals surface area contributed by atoms with E-state index in [9.17, 15) is 4.79 Å². The number of aromatic nitrogens is 1. The van der Waals surface area contributed by atoms with Crippen LogP contribution < -0.4 is 9.47 Å². The van der Waals surface area contributed by atoms with Gasteiger partial charge in [0, 0.05) is 43.7 Å². The molecule has 1 aromatic heterocycles. The third kappa shape index (κ3) is 4.65. The number of amides is 1. The topological polar surface area (TPSA) is 54.9 Å². The number of hydrogen-bond acceptors (Lipinski definition) is 5. The second-order valence-corrected chi connectivity index (χ2v) is 10.1. The Kier molecular flexibility index (Phi) is 6.05. The summed E-state index contributed by atoms with van der Waals surface area (Å²) in [5, 5.41) is 0.917. The Morgan fingerprint density at radius 3 is 2.46 bits per heavy atom. The Morgan fingerprint density at radius 1 is 0.838 bits per heavy atom. The minimum atomic E-state index is 0.0748. The van der Waals surface area contributed by atoms with Crippen molar-refractivity contribution in [3.63, 3.8) is 0 Å². The second kappa shape index (κ2) is 9.52. The van der Waals surface area contributed by atoms with Crippen LogP contribution in [0.3, 0.4) is 0 Å². The Bertz CT molecular complexity index is 1510. The molecule has 0 bridgehead atoms. The standard InChI is InChI=1S/C31H31N3O3/c1-20-4-8-27-25(14-20)26(17-28(32-27)24-7-5-21(2)22(3)15-24)31(35)34-12-10-33(11-13-34)18-23-6-9-29-30(16-23)37-19-36-29/h4-9,14-17H,10-13,18-19H2,1-3H3. The van der Waals surface area contributed by atoms with Crippen LogP contribution in [0.4, 0.5) is 0 Å². The summed E-state index contributed by atoms with van der Waals surface area (Å²) >= 11 is 0. The average molecular weight is 494 g/mol. The van der Waals surface area contributed by atoms with E-state index in [0.29, 0.717) is 13.1 Å². The van der Waals surface area contributed by atoms with Gasteiger partial charge < -0.3 is 14.4 Å². The maximum atomic E-state index is 13.9. The number of ether oxygens (including phenoxy) is 2. The minimum absolute atomic E-state index is 0.0748. The smallest absolute Gasteiger partial charge is 0.254 e. The van der Waals surface area contributed by atoms with Crippen LogP contribution in [0.2, 0.25) is 0 Å². The van der Waals surface area contributed by atoms with Gasteiger partial charge in [0.2, 0.25) is 6.79 Å². The highest BCUT2D eigenvalue weighted by Crippen LogP contribution is 2.33. The van der Waals surface area contributed by atoms with E-state index in [1.165, 1.54) is 16.7 Å². The fourth-order valence-corrected chi connectivity index (χ4v) is 5.14. The molecule has 1 amide bonds. The number of pyridine rings is 1. The van der Waals surface area contributed by atoms with Crippen LogP contribution in [0.25, 0.3) is 22.2 Å². The summed E-state index contributed by atoms with van der Waals surface area (Å²) in [6.07, 6.45) is 0. The van der Waals surface area contributed by atoms with Crippen molar-refractivity contribution in [1.29, 1.82) is 0 Å². The lowest BCUT2D eigenvalue weighted by atomic mass is 9.99. The minimum Gasteiger partial charge on any atom is -0.454 e. The number of carbonyl (C=O) groups is 1. The van der Waals surface area contributed by atoms with Gasteiger partial charge in [-0.1, -0.05) is 29.8 Å². The van der Waals surface area contributed by atoms with Crippen LogP contribution in [0.1, 0.15) is 32.6 Å². The average Bonchev–Trinajstić information content (AvgIpc) is 3.38. The zero-order valence-electron chi connectivity index (χ0n) is 21.6. The van der Waals surface area contributed by atoms with Gasteiger partial charge in [-0.2, -0.15) is 0 Å². The summed E-state index contributed by atoms with van der Waals surface area (Å²) < 4.78 is 11.0. The maximum Gasteiger partial charge on any atom is 0.254 e. The molecule has 1 fully saturated rings. The zero-order valence-corrected chi connectivity index (χ0v) is 21.6. The third-order valence-corrected chi connectivity index (χ3v) is 7.50. The second-order valence-electron chi connectivity index (χ2n) is 10.1. The molecule has 2 aliphatic heterocycles. The van der Waals surface area contributed by atoms with E-state index >= 15 is 0 Å². The van der Waals surface area contributed by atoms with E-state index in [1.807, 2.05) is 23.1 Å². The molecule has 6 rings (SSSR count). The van der Waals surface area contributed by atoms with Gasteiger partial charge in [0.25, 0.3) is 5.91 Å². The summed E-state index contributed by atoms with van der Waals surface area (Å²) in [6.45, 7) is 10.4. The van der Waals surface area contributed by atoms with Crippen molar-refractivity contribution >= 4 is 16.8 Å². The highest BCUT2D eigenvalue weighted by molar-refractivity contribution is 6.07. The van der Waals surface area contributed by atoms with Crippen molar-refractivity contribution in [3.05, 3.63) is 88.5 Å². The Labute approximate surface area is 217 Å². The largest absolute Gasteiger partial charge is 0.454 e. The highest BCUT2D eigenvalue weighted by Gasteiger charge is 2.25. The van der Waals surface area contributed by atoms with Gasteiger partial charge in [-0.15, -0.1) is 0 Å². The molecule has 0 saturated carbocycles. The molecule has 0 spiro atoms. The summed E-state index contributed by atoms with van der Waals surface area (Å²) in [5.74, 6) is 1.69. The van der Waals surface area contributed by atoms with E-state index in [2.05, 4.69) is 68.1 Å². The van der Waals surface area contributed by atoms with Crippen LogP contribution in [0.5, 0.6) is 11.5 Å². The van der Waals surface area contributed by atoms with Crippen LogP contribution in [-0.4, -0.2) is 53.7 Å². The first-order valence-corrected chi connectivity index (χ1v) is 12.8. The van der Waals surface area contributed by atoms with Crippen molar-refractivity contribution in [1.82, 2.24) is 14.8 Å². The van der Waals surface area contributed by atoms with Gasteiger partial charge >= 0.3 is 0 Å². The van der Waals surface area contributed by atoms with E-state index in [0.717, 1.165) is 64.4 Å². The molecule has 37 heavy (non-hydrogen) atoms. The van der Waals surface area contributed by atoms with E-state index in [1.54, 1.807) is 0 Å². The van der Waals surface area contributed by atoms with Crippen molar-refractivity contribution in [3.8, 4) is 22.8 Å². The number of fused-ring (bicyclic) bond motifs is 2. The number of piperazine rings is 1. The van der Waals surface area contributed by atoms with E-state index in [-0.39, 0.29) is 12.7 Å². The molecule has 0 radical (unpaired) electrons. The first-order chi connectivity index (χ1) is 17.9. The number of hydrogen-bond donors (Lipinski definition) is 0. The predicted octanol–water partition coefficient (Wildman–Crippen LogP) is 5.51. The molecule has 6 heteroatoms. The fourth-order valence-electron chi connectivity index (χ4n) is 5.14. The molecule has 3 heterocycles. The molecular formula is C31H31N3O3. The lowest BCUT2D eigenvalue weighted by Gasteiger charge is -2.35. The molecule has 4 aromatic rings. The van der Waals surface area contributed by atoms with Gasteiger partial charge in [0.1, 0.15) is 0 Å². The van der Waals surface area contributed by atoms with E-state index in [4.69, 9.17) is 14.5 Å². The molecule has 1 saturated heterocycles. The molecule has 3 aromatic carbocycles. The number of rotatable bonds is 4. The van der Waals surface area contributed by atoms with Crippen molar-refractivity contribution < 1.29 is 14.3 Å². The van der Waals surface area contributed by atoms with Crippen molar-refractivity contribution in [2.24, 2.45) is 0 Å². The zero-order chi connectivity index (χ0) is 25.5. The molecule has 6 nitrogen and oxygen atoms in total. The van der Waals surface area contributed by atoms with Gasteiger partial charge in [0.15, 0.2) is 11.5 Å². The Morgan fingerprint density at radius 2 is 1.65 bits per heavy atom. The van der Waals surface area contributed by atoms with Crippen LogP contribution in [0.15, 0.2) is 60.7 Å². The van der Waals surface area contributed by atoms with Crippen LogP contribution >= 0.6 is 0 Å². The number of benzene rings is 3. The quantitative estimate of drug-likeness (QED) is 0.375. The first kappa shape index (κ1) is 23.5. The number of carbonyl (C=O) groups excluding carboxylic acids is 1. The molecule has 0 N–H and O–H groups in total. The molecule has 2 aliphatic rings. The Balaban J connectivity index is 1.24. The molecule has 0 unspecified atom stereocenters. The summed E-state index contributed by atoms with van der Waals surface area (Å²) in [7, 11) is 0. The molecule has 0 aliphatic carbocycles. The van der Waals surface area contributed by atoms with Crippen molar-refractivity contribution in [2.75, 3.05) is 33.0 Å². The Hall–Kier alpha value is -3.90. The van der Waals surface area contributed by atoms with Gasteiger partial charge in [-0.25, -0.2) is 4.98 Å². The van der Waals surface area contributed by atoms with Gasteiger partial charge in [-0.05, 0) is 73.9 Å².